The summed E-state index contributed by atoms with van der Waals surface area (Å²) in [6.45, 7) is 1.04. The molecule has 1 aliphatic rings. The van der Waals surface area contributed by atoms with Crippen molar-refractivity contribution in [3.8, 4) is 0 Å². The molecule has 14 heavy (non-hydrogen) atoms. The van der Waals surface area contributed by atoms with E-state index in [-0.39, 0.29) is 0 Å². The third kappa shape index (κ3) is 2.06. The largest absolute Gasteiger partial charge is 0.361 e. The third-order valence-corrected chi connectivity index (χ3v) is 4.11. The highest BCUT2D eigenvalue weighted by molar-refractivity contribution is 7.62. The summed E-state index contributed by atoms with van der Waals surface area (Å²) in [5, 5.41) is 0.655. The number of rotatable bonds is 1. The first-order valence-electron chi connectivity index (χ1n) is 4.76. The first kappa shape index (κ1) is 9.91. The molecule has 0 unspecified atom stereocenters. The Kier molecular flexibility index (Phi) is 3.02. The SMILES string of the molecule is O=P1(c2ccccc2)OCCCCO1. The Bertz CT molecular complexity index is 324. The van der Waals surface area contributed by atoms with Gasteiger partial charge in [0.25, 0.3) is 0 Å². The Morgan fingerprint density at radius 2 is 1.57 bits per heavy atom. The van der Waals surface area contributed by atoms with Crippen molar-refractivity contribution in [3.05, 3.63) is 30.3 Å². The molecule has 1 aliphatic heterocycles. The van der Waals surface area contributed by atoms with E-state index in [1.54, 1.807) is 12.1 Å². The van der Waals surface area contributed by atoms with Crippen molar-refractivity contribution in [2.75, 3.05) is 13.2 Å². The molecule has 1 aromatic rings. The maximum Gasteiger partial charge on any atom is 0.361 e. The molecule has 0 atom stereocenters. The summed E-state index contributed by atoms with van der Waals surface area (Å²) >= 11 is 0. The van der Waals surface area contributed by atoms with E-state index in [0.29, 0.717) is 18.5 Å². The molecule has 76 valence electrons. The molecule has 0 saturated carbocycles. The molecule has 1 heterocycles. The van der Waals surface area contributed by atoms with Crippen LogP contribution in [0.2, 0.25) is 0 Å². The van der Waals surface area contributed by atoms with E-state index in [9.17, 15) is 4.57 Å². The van der Waals surface area contributed by atoms with Gasteiger partial charge in [-0.25, -0.2) is 0 Å². The van der Waals surface area contributed by atoms with Crippen LogP contribution in [-0.4, -0.2) is 13.2 Å². The maximum atomic E-state index is 12.2. The van der Waals surface area contributed by atoms with Gasteiger partial charge in [0, 0.05) is 0 Å². The molecule has 0 aromatic heterocycles. The first-order chi connectivity index (χ1) is 6.81. The molecule has 1 fully saturated rings. The van der Waals surface area contributed by atoms with Crippen molar-refractivity contribution in [1.29, 1.82) is 0 Å². The van der Waals surface area contributed by atoms with Crippen LogP contribution in [0.1, 0.15) is 12.8 Å². The summed E-state index contributed by atoms with van der Waals surface area (Å²) in [6, 6.07) is 9.13. The summed E-state index contributed by atoms with van der Waals surface area (Å²) in [5.74, 6) is 0. The van der Waals surface area contributed by atoms with Crippen LogP contribution in [0.4, 0.5) is 0 Å². The molecule has 3 nitrogen and oxygen atoms in total. The predicted molar refractivity (Wildman–Crippen MR) is 54.8 cm³/mol. The van der Waals surface area contributed by atoms with Gasteiger partial charge in [0.15, 0.2) is 0 Å². The van der Waals surface area contributed by atoms with E-state index >= 15 is 0 Å². The first-order valence-corrected chi connectivity index (χ1v) is 6.30. The maximum absolute atomic E-state index is 12.2. The number of hydrogen-bond donors (Lipinski definition) is 0. The normalized spacial score (nSPS) is 21.4. The van der Waals surface area contributed by atoms with Crippen molar-refractivity contribution in [2.45, 2.75) is 12.8 Å². The number of hydrogen-bond acceptors (Lipinski definition) is 3. The van der Waals surface area contributed by atoms with E-state index in [4.69, 9.17) is 9.05 Å². The second kappa shape index (κ2) is 4.26. The molecule has 2 rings (SSSR count). The fourth-order valence-electron chi connectivity index (χ4n) is 1.37. The van der Waals surface area contributed by atoms with Crippen LogP contribution in [0.5, 0.6) is 0 Å². The Hall–Kier alpha value is -0.630. The minimum absolute atomic E-state index is 0.520. The Morgan fingerprint density at radius 3 is 2.14 bits per heavy atom. The quantitative estimate of drug-likeness (QED) is 0.670. The van der Waals surface area contributed by atoms with Crippen molar-refractivity contribution >= 4 is 12.9 Å². The van der Waals surface area contributed by atoms with Gasteiger partial charge in [0.1, 0.15) is 0 Å². The molecule has 4 heteroatoms. The van der Waals surface area contributed by atoms with Crippen LogP contribution in [0.25, 0.3) is 0 Å². The molecular formula is C10H13O3P. The molecule has 0 spiro atoms. The summed E-state index contributed by atoms with van der Waals surface area (Å²) in [7, 11) is -3.01. The van der Waals surface area contributed by atoms with Gasteiger partial charge in [-0.05, 0) is 25.0 Å². The van der Waals surface area contributed by atoms with Crippen LogP contribution in [0.3, 0.4) is 0 Å². The van der Waals surface area contributed by atoms with Gasteiger partial charge in [0.2, 0.25) is 0 Å². The van der Waals surface area contributed by atoms with Gasteiger partial charge in [-0.3, -0.25) is 4.57 Å². The summed E-state index contributed by atoms with van der Waals surface area (Å²) in [4.78, 5) is 0. The molecule has 1 aromatic carbocycles. The van der Waals surface area contributed by atoms with E-state index < -0.39 is 7.60 Å². The van der Waals surface area contributed by atoms with Gasteiger partial charge in [-0.2, -0.15) is 0 Å². The standard InChI is InChI=1S/C10H13O3P/c11-14(10-6-2-1-3-7-10)12-8-4-5-9-13-14/h1-3,6-7H,4-5,8-9H2. The summed E-state index contributed by atoms with van der Waals surface area (Å²) < 4.78 is 22.8. The summed E-state index contributed by atoms with van der Waals surface area (Å²) in [6.07, 6.45) is 1.83. The molecule has 0 amide bonds. The van der Waals surface area contributed by atoms with Crippen LogP contribution >= 0.6 is 7.60 Å². The minimum atomic E-state index is -3.01. The van der Waals surface area contributed by atoms with Crippen molar-refractivity contribution in [1.82, 2.24) is 0 Å². The average Bonchev–Trinajstić information content (AvgIpc) is 2.46. The Morgan fingerprint density at radius 1 is 1.00 bits per heavy atom. The summed E-state index contributed by atoms with van der Waals surface area (Å²) in [5.41, 5.74) is 0. The van der Waals surface area contributed by atoms with E-state index in [1.165, 1.54) is 0 Å². The average molecular weight is 212 g/mol. The zero-order valence-electron chi connectivity index (χ0n) is 7.89. The Labute approximate surface area is 83.6 Å². The van der Waals surface area contributed by atoms with Crippen LogP contribution in [0.15, 0.2) is 30.3 Å². The van der Waals surface area contributed by atoms with Gasteiger partial charge in [-0.1, -0.05) is 18.2 Å². The van der Waals surface area contributed by atoms with Gasteiger partial charge in [0.05, 0.1) is 18.5 Å². The highest BCUT2D eigenvalue weighted by Gasteiger charge is 2.28. The van der Waals surface area contributed by atoms with E-state index in [0.717, 1.165) is 12.8 Å². The van der Waals surface area contributed by atoms with Crippen molar-refractivity contribution in [2.24, 2.45) is 0 Å². The minimum Gasteiger partial charge on any atom is -0.305 e. The Balaban J connectivity index is 2.26. The van der Waals surface area contributed by atoms with Crippen molar-refractivity contribution < 1.29 is 13.6 Å². The van der Waals surface area contributed by atoms with E-state index in [1.807, 2.05) is 18.2 Å². The van der Waals surface area contributed by atoms with Crippen LogP contribution in [-0.2, 0) is 13.6 Å². The fraction of sp³-hybridized carbons (Fsp3) is 0.400. The predicted octanol–water partition coefficient (Wildman–Crippen LogP) is 2.33. The second-order valence-corrected chi connectivity index (χ2v) is 5.23. The second-order valence-electron chi connectivity index (χ2n) is 3.21. The lowest BCUT2D eigenvalue weighted by atomic mass is 10.3. The van der Waals surface area contributed by atoms with Gasteiger partial charge >= 0.3 is 7.60 Å². The molecule has 0 radical (unpaired) electrons. The highest BCUT2D eigenvalue weighted by Crippen LogP contribution is 2.48. The molecular weight excluding hydrogens is 199 g/mol. The number of benzene rings is 1. The highest BCUT2D eigenvalue weighted by atomic mass is 31.2. The van der Waals surface area contributed by atoms with E-state index in [2.05, 4.69) is 0 Å². The lowest BCUT2D eigenvalue weighted by Gasteiger charge is -2.14. The van der Waals surface area contributed by atoms with Crippen LogP contribution < -0.4 is 5.30 Å². The lowest BCUT2D eigenvalue weighted by Crippen LogP contribution is -2.08. The van der Waals surface area contributed by atoms with Crippen molar-refractivity contribution in [3.63, 3.8) is 0 Å². The molecule has 0 aliphatic carbocycles. The zero-order valence-corrected chi connectivity index (χ0v) is 8.78. The lowest BCUT2D eigenvalue weighted by molar-refractivity contribution is 0.249. The topological polar surface area (TPSA) is 35.5 Å². The van der Waals surface area contributed by atoms with Crippen LogP contribution in [0, 0.1) is 0 Å². The van der Waals surface area contributed by atoms with Gasteiger partial charge < -0.3 is 9.05 Å². The molecule has 0 bridgehead atoms. The monoisotopic (exact) mass is 212 g/mol. The molecule has 1 saturated heterocycles. The van der Waals surface area contributed by atoms with Gasteiger partial charge in [-0.15, -0.1) is 0 Å². The molecule has 0 N–H and O–H groups in total. The fourth-order valence-corrected chi connectivity index (χ4v) is 3.02. The zero-order chi connectivity index (χ0) is 9.86. The third-order valence-electron chi connectivity index (χ3n) is 2.13. The smallest absolute Gasteiger partial charge is 0.305 e.